The molecule has 0 bridgehead atoms. The van der Waals surface area contributed by atoms with Crippen LogP contribution < -0.4 is 0 Å². The summed E-state index contributed by atoms with van der Waals surface area (Å²) in [4.78, 5) is 11.6. The van der Waals surface area contributed by atoms with Crippen molar-refractivity contribution in [3.63, 3.8) is 0 Å². The Labute approximate surface area is 124 Å². The van der Waals surface area contributed by atoms with Gasteiger partial charge in [0.05, 0.1) is 11.1 Å². The summed E-state index contributed by atoms with van der Waals surface area (Å²) in [5.74, 6) is -2.78. The number of nitrogens with zero attached hydrogens (tertiary/aromatic N) is 2. The Balaban J connectivity index is 2.69. The lowest BCUT2D eigenvalue weighted by molar-refractivity contribution is -0.0885. The number of hydrogen-bond acceptors (Lipinski definition) is 2. The average molecular weight is 314 g/mol. The van der Waals surface area contributed by atoms with Crippen LogP contribution >= 0.6 is 0 Å². The van der Waals surface area contributed by atoms with E-state index in [0.717, 1.165) is 12.3 Å². The topological polar surface area (TPSA) is 34.9 Å². The highest BCUT2D eigenvalue weighted by Crippen LogP contribution is 2.31. The lowest BCUT2D eigenvalue weighted by atomic mass is 10.0. The van der Waals surface area contributed by atoms with E-state index in [1.54, 1.807) is 20.8 Å². The summed E-state index contributed by atoms with van der Waals surface area (Å²) in [7, 11) is 0. The summed E-state index contributed by atoms with van der Waals surface area (Å²) < 4.78 is 53.4. The third kappa shape index (κ3) is 3.03. The van der Waals surface area contributed by atoms with Gasteiger partial charge in [-0.2, -0.15) is 18.3 Å². The molecule has 1 heterocycles. The van der Waals surface area contributed by atoms with Gasteiger partial charge in [-0.05, 0) is 32.9 Å². The van der Waals surface area contributed by atoms with Crippen LogP contribution in [0.25, 0.3) is 11.3 Å². The molecule has 118 valence electrons. The Bertz CT molecular complexity index is 711. The number of carbonyl (C=O) groups is 1. The molecule has 0 radical (unpaired) electrons. The summed E-state index contributed by atoms with van der Waals surface area (Å²) in [6.45, 7) is 5.15. The van der Waals surface area contributed by atoms with Gasteiger partial charge in [-0.15, -0.1) is 0 Å². The lowest BCUT2D eigenvalue weighted by Crippen LogP contribution is -2.24. The second-order valence-corrected chi connectivity index (χ2v) is 5.81. The van der Waals surface area contributed by atoms with Crippen molar-refractivity contribution in [3.8, 4) is 11.3 Å². The first-order valence-electron chi connectivity index (χ1n) is 6.48. The zero-order valence-electron chi connectivity index (χ0n) is 12.2. The van der Waals surface area contributed by atoms with Gasteiger partial charge in [0.1, 0.15) is 11.5 Å². The zero-order valence-corrected chi connectivity index (χ0v) is 12.2. The van der Waals surface area contributed by atoms with Crippen molar-refractivity contribution in [1.29, 1.82) is 0 Å². The van der Waals surface area contributed by atoms with Crippen LogP contribution in [0, 0.1) is 5.82 Å². The fourth-order valence-corrected chi connectivity index (χ4v) is 1.89. The lowest BCUT2D eigenvalue weighted by Gasteiger charge is -2.18. The molecule has 0 aliphatic heterocycles. The highest BCUT2D eigenvalue weighted by atomic mass is 19.4. The van der Waals surface area contributed by atoms with E-state index in [-0.39, 0.29) is 11.3 Å². The molecule has 0 aliphatic rings. The van der Waals surface area contributed by atoms with Crippen LogP contribution in [0.5, 0.6) is 0 Å². The van der Waals surface area contributed by atoms with Gasteiger partial charge in [0.15, 0.2) is 0 Å². The van der Waals surface area contributed by atoms with Crippen molar-refractivity contribution in [3.05, 3.63) is 41.8 Å². The standard InChI is InChI=1S/C15H14F4N2O/c1-14(2,3)21-8-10(13(22)15(17,18)19)12(20-21)9-6-4-5-7-11(9)16/h4-8H,1-3H3. The van der Waals surface area contributed by atoms with Crippen molar-refractivity contribution in [2.45, 2.75) is 32.5 Å². The maximum absolute atomic E-state index is 13.9. The number of benzene rings is 1. The summed E-state index contributed by atoms with van der Waals surface area (Å²) >= 11 is 0. The number of carbonyl (C=O) groups excluding carboxylic acids is 1. The van der Waals surface area contributed by atoms with Crippen LogP contribution in [0.2, 0.25) is 0 Å². The average Bonchev–Trinajstić information content (AvgIpc) is 2.81. The molecule has 0 amide bonds. The number of rotatable bonds is 2. The Kier molecular flexibility index (Phi) is 3.85. The number of hydrogen-bond donors (Lipinski definition) is 0. The number of aromatic nitrogens is 2. The number of Topliss-reactive ketones (excluding diaryl/α,β-unsaturated/α-hetero) is 1. The minimum atomic E-state index is -5.05. The summed E-state index contributed by atoms with van der Waals surface area (Å²) in [6, 6.07) is 5.27. The maximum atomic E-state index is 13.9. The Morgan fingerprint density at radius 2 is 1.73 bits per heavy atom. The number of halogens is 4. The number of ketones is 1. The van der Waals surface area contributed by atoms with Crippen LogP contribution in [0.3, 0.4) is 0 Å². The predicted octanol–water partition coefficient (Wildman–Crippen LogP) is 4.19. The fourth-order valence-electron chi connectivity index (χ4n) is 1.89. The van der Waals surface area contributed by atoms with Crippen LogP contribution in [0.1, 0.15) is 31.1 Å². The SMILES string of the molecule is CC(C)(C)n1cc(C(=O)C(F)(F)F)c(-c2ccccc2F)n1. The molecule has 3 nitrogen and oxygen atoms in total. The predicted molar refractivity (Wildman–Crippen MR) is 73.0 cm³/mol. The maximum Gasteiger partial charge on any atom is 0.455 e. The molecular formula is C15H14F4N2O. The molecule has 2 rings (SSSR count). The Morgan fingerprint density at radius 1 is 1.14 bits per heavy atom. The van der Waals surface area contributed by atoms with E-state index < -0.39 is 28.9 Å². The van der Waals surface area contributed by atoms with E-state index in [4.69, 9.17) is 0 Å². The molecule has 0 saturated carbocycles. The summed E-state index contributed by atoms with van der Waals surface area (Å²) in [5.41, 5.74) is -1.76. The van der Waals surface area contributed by atoms with Gasteiger partial charge in [-0.3, -0.25) is 9.48 Å². The highest BCUT2D eigenvalue weighted by molar-refractivity contribution is 6.04. The van der Waals surface area contributed by atoms with E-state index in [0.29, 0.717) is 0 Å². The normalized spacial score (nSPS) is 12.5. The Morgan fingerprint density at radius 3 is 2.23 bits per heavy atom. The first-order valence-corrected chi connectivity index (χ1v) is 6.48. The van der Waals surface area contributed by atoms with Crippen LogP contribution in [0.4, 0.5) is 17.6 Å². The first kappa shape index (κ1) is 16.2. The molecule has 2 aromatic rings. The molecule has 0 fully saturated rings. The molecule has 0 saturated heterocycles. The monoisotopic (exact) mass is 314 g/mol. The molecule has 0 unspecified atom stereocenters. The van der Waals surface area contributed by atoms with Crippen molar-refractivity contribution >= 4 is 5.78 Å². The molecule has 0 atom stereocenters. The van der Waals surface area contributed by atoms with E-state index in [1.807, 2.05) is 0 Å². The van der Waals surface area contributed by atoms with E-state index in [1.165, 1.54) is 22.9 Å². The van der Waals surface area contributed by atoms with Gasteiger partial charge < -0.3 is 0 Å². The van der Waals surface area contributed by atoms with Gasteiger partial charge in [-0.1, -0.05) is 12.1 Å². The quantitative estimate of drug-likeness (QED) is 0.615. The summed E-state index contributed by atoms with van der Waals surface area (Å²) in [6.07, 6.45) is -4.04. The fraction of sp³-hybridized carbons (Fsp3) is 0.333. The second-order valence-electron chi connectivity index (χ2n) is 5.81. The number of alkyl halides is 3. The molecule has 1 aromatic carbocycles. The third-order valence-electron chi connectivity index (χ3n) is 3.03. The van der Waals surface area contributed by atoms with Crippen molar-refractivity contribution in [2.75, 3.05) is 0 Å². The second kappa shape index (κ2) is 5.23. The molecule has 7 heteroatoms. The van der Waals surface area contributed by atoms with E-state index in [2.05, 4.69) is 5.10 Å². The largest absolute Gasteiger partial charge is 0.455 e. The van der Waals surface area contributed by atoms with Crippen molar-refractivity contribution in [2.24, 2.45) is 0 Å². The van der Waals surface area contributed by atoms with Crippen molar-refractivity contribution in [1.82, 2.24) is 9.78 Å². The molecule has 0 spiro atoms. The van der Waals surface area contributed by atoms with Crippen LogP contribution in [0.15, 0.2) is 30.5 Å². The van der Waals surface area contributed by atoms with Gasteiger partial charge in [-0.25, -0.2) is 4.39 Å². The van der Waals surface area contributed by atoms with Gasteiger partial charge in [0, 0.05) is 11.8 Å². The van der Waals surface area contributed by atoms with Crippen LogP contribution in [-0.4, -0.2) is 21.7 Å². The zero-order chi connectivity index (χ0) is 16.7. The molecule has 0 aliphatic carbocycles. The summed E-state index contributed by atoms with van der Waals surface area (Å²) in [5, 5.41) is 4.00. The molecule has 22 heavy (non-hydrogen) atoms. The Hall–Kier alpha value is -2.18. The smallest absolute Gasteiger partial charge is 0.284 e. The molecule has 1 aromatic heterocycles. The minimum absolute atomic E-state index is 0.141. The van der Waals surface area contributed by atoms with Crippen LogP contribution in [-0.2, 0) is 5.54 Å². The van der Waals surface area contributed by atoms with E-state index >= 15 is 0 Å². The van der Waals surface area contributed by atoms with Crippen molar-refractivity contribution < 1.29 is 22.4 Å². The molecule has 0 N–H and O–H groups in total. The van der Waals surface area contributed by atoms with Gasteiger partial charge in [0.25, 0.3) is 5.78 Å². The molecular weight excluding hydrogens is 300 g/mol. The van der Waals surface area contributed by atoms with Gasteiger partial charge >= 0.3 is 6.18 Å². The minimum Gasteiger partial charge on any atom is -0.284 e. The van der Waals surface area contributed by atoms with E-state index in [9.17, 15) is 22.4 Å². The third-order valence-corrected chi connectivity index (χ3v) is 3.03. The highest BCUT2D eigenvalue weighted by Gasteiger charge is 2.42. The first-order chi connectivity index (χ1) is 10.0. The van der Waals surface area contributed by atoms with Gasteiger partial charge in [0.2, 0.25) is 0 Å².